The van der Waals surface area contributed by atoms with Gasteiger partial charge in [-0.1, -0.05) is 6.92 Å². The van der Waals surface area contributed by atoms with Crippen LogP contribution in [-0.2, 0) is 4.79 Å². The lowest BCUT2D eigenvalue weighted by Crippen LogP contribution is -2.33. The lowest BCUT2D eigenvalue weighted by Gasteiger charge is -2.24. The predicted octanol–water partition coefficient (Wildman–Crippen LogP) is 1.02. The van der Waals surface area contributed by atoms with E-state index in [1.807, 2.05) is 18.7 Å². The van der Waals surface area contributed by atoms with Crippen LogP contribution in [0.3, 0.4) is 0 Å². The second-order valence-corrected chi connectivity index (χ2v) is 3.85. The van der Waals surface area contributed by atoms with Gasteiger partial charge in [-0.2, -0.15) is 11.8 Å². The van der Waals surface area contributed by atoms with Gasteiger partial charge in [0.25, 0.3) is 0 Å². The minimum Gasteiger partial charge on any atom is -0.355 e. The summed E-state index contributed by atoms with van der Waals surface area (Å²) in [5.41, 5.74) is 0. The predicted molar refractivity (Wildman–Crippen MR) is 44.2 cm³/mol. The van der Waals surface area contributed by atoms with E-state index in [-0.39, 0.29) is 5.91 Å². The Morgan fingerprint density at radius 3 is 2.90 bits per heavy atom. The minimum absolute atomic E-state index is 0.174. The standard InChI is InChI=1S/C7H13NOS/c1-2-7(9)8-5-6-3-4-10-6/h6H,2-5H2,1H3,(H,8,9). The smallest absolute Gasteiger partial charge is 0.219 e. The fourth-order valence-corrected chi connectivity index (χ4v) is 1.57. The molecule has 0 radical (unpaired) electrons. The third kappa shape index (κ3) is 2.21. The molecule has 1 fully saturated rings. The van der Waals surface area contributed by atoms with Crippen LogP contribution < -0.4 is 5.32 Å². The van der Waals surface area contributed by atoms with Gasteiger partial charge in [-0.15, -0.1) is 0 Å². The molecule has 58 valence electrons. The number of thioether (sulfide) groups is 1. The van der Waals surface area contributed by atoms with Gasteiger partial charge in [0.05, 0.1) is 0 Å². The van der Waals surface area contributed by atoms with Crippen LogP contribution in [0.4, 0.5) is 0 Å². The van der Waals surface area contributed by atoms with Crippen LogP contribution in [0.5, 0.6) is 0 Å². The number of hydrogen-bond donors (Lipinski definition) is 1. The largest absolute Gasteiger partial charge is 0.355 e. The van der Waals surface area contributed by atoms with Crippen molar-refractivity contribution < 1.29 is 4.79 Å². The summed E-state index contributed by atoms with van der Waals surface area (Å²) >= 11 is 1.94. The fraction of sp³-hybridized carbons (Fsp3) is 0.857. The van der Waals surface area contributed by atoms with Crippen molar-refractivity contribution in [2.45, 2.75) is 25.0 Å². The first-order valence-corrected chi connectivity index (χ1v) is 4.76. The van der Waals surface area contributed by atoms with E-state index in [1.165, 1.54) is 12.2 Å². The molecule has 1 unspecified atom stereocenters. The lowest BCUT2D eigenvalue weighted by atomic mass is 10.3. The van der Waals surface area contributed by atoms with E-state index in [1.54, 1.807) is 0 Å². The number of carbonyl (C=O) groups excluding carboxylic acids is 1. The van der Waals surface area contributed by atoms with E-state index in [0.717, 1.165) is 6.54 Å². The third-order valence-electron chi connectivity index (χ3n) is 1.64. The SMILES string of the molecule is CCC(=O)NCC1CCS1. The number of rotatable bonds is 3. The highest BCUT2D eigenvalue weighted by molar-refractivity contribution is 8.01. The zero-order valence-corrected chi connectivity index (χ0v) is 7.04. The lowest BCUT2D eigenvalue weighted by molar-refractivity contribution is -0.120. The van der Waals surface area contributed by atoms with Crippen molar-refractivity contribution in [1.82, 2.24) is 5.32 Å². The van der Waals surface area contributed by atoms with Crippen molar-refractivity contribution in [1.29, 1.82) is 0 Å². The summed E-state index contributed by atoms with van der Waals surface area (Å²) in [6.45, 7) is 2.75. The number of amides is 1. The molecule has 1 heterocycles. The minimum atomic E-state index is 0.174. The summed E-state index contributed by atoms with van der Waals surface area (Å²) in [7, 11) is 0. The van der Waals surface area contributed by atoms with Crippen LogP contribution in [-0.4, -0.2) is 23.5 Å². The Bertz CT molecular complexity index is 123. The quantitative estimate of drug-likeness (QED) is 0.666. The van der Waals surface area contributed by atoms with Crippen molar-refractivity contribution in [2.75, 3.05) is 12.3 Å². The third-order valence-corrected chi connectivity index (χ3v) is 2.99. The zero-order valence-electron chi connectivity index (χ0n) is 6.22. The highest BCUT2D eigenvalue weighted by atomic mass is 32.2. The summed E-state index contributed by atoms with van der Waals surface area (Å²) in [6, 6.07) is 0. The Morgan fingerprint density at radius 2 is 2.50 bits per heavy atom. The first-order chi connectivity index (χ1) is 4.83. The molecule has 1 N–H and O–H groups in total. The van der Waals surface area contributed by atoms with E-state index in [0.29, 0.717) is 11.7 Å². The molecule has 1 atom stereocenters. The molecule has 2 nitrogen and oxygen atoms in total. The fourth-order valence-electron chi connectivity index (χ4n) is 0.798. The monoisotopic (exact) mass is 159 g/mol. The molecule has 1 aliphatic heterocycles. The molecule has 0 aliphatic carbocycles. The number of nitrogens with one attached hydrogen (secondary N) is 1. The van der Waals surface area contributed by atoms with Crippen molar-refractivity contribution in [3.8, 4) is 0 Å². The van der Waals surface area contributed by atoms with E-state index >= 15 is 0 Å². The van der Waals surface area contributed by atoms with Crippen LogP contribution >= 0.6 is 11.8 Å². The van der Waals surface area contributed by atoms with Gasteiger partial charge >= 0.3 is 0 Å². The Labute approximate surface area is 65.8 Å². The Hall–Kier alpha value is -0.180. The van der Waals surface area contributed by atoms with E-state index in [9.17, 15) is 4.79 Å². The summed E-state index contributed by atoms with van der Waals surface area (Å²) in [4.78, 5) is 10.7. The number of carbonyl (C=O) groups is 1. The summed E-state index contributed by atoms with van der Waals surface area (Å²) < 4.78 is 0. The highest BCUT2D eigenvalue weighted by Gasteiger charge is 2.17. The van der Waals surface area contributed by atoms with Gasteiger partial charge in [0.1, 0.15) is 0 Å². The zero-order chi connectivity index (χ0) is 7.40. The van der Waals surface area contributed by atoms with Crippen LogP contribution in [0.15, 0.2) is 0 Å². The van der Waals surface area contributed by atoms with Gasteiger partial charge in [-0.3, -0.25) is 4.79 Å². The van der Waals surface area contributed by atoms with Crippen LogP contribution in [0.25, 0.3) is 0 Å². The second kappa shape index (κ2) is 3.86. The number of hydrogen-bond acceptors (Lipinski definition) is 2. The normalized spacial score (nSPS) is 23.5. The first kappa shape index (κ1) is 7.92. The van der Waals surface area contributed by atoms with Gasteiger partial charge in [0.2, 0.25) is 5.91 Å². The molecule has 1 amide bonds. The molecule has 0 aromatic carbocycles. The summed E-state index contributed by atoms with van der Waals surface area (Å²) in [5.74, 6) is 1.44. The Balaban J connectivity index is 1.98. The van der Waals surface area contributed by atoms with Gasteiger partial charge in [-0.05, 0) is 12.2 Å². The maximum Gasteiger partial charge on any atom is 0.219 e. The van der Waals surface area contributed by atoms with Crippen molar-refractivity contribution in [3.05, 3.63) is 0 Å². The van der Waals surface area contributed by atoms with Crippen molar-refractivity contribution in [2.24, 2.45) is 0 Å². The molecule has 1 rings (SSSR count). The molecule has 0 aromatic rings. The molecule has 0 spiro atoms. The van der Waals surface area contributed by atoms with Gasteiger partial charge in [0.15, 0.2) is 0 Å². The maximum atomic E-state index is 10.7. The van der Waals surface area contributed by atoms with Gasteiger partial charge < -0.3 is 5.32 Å². The van der Waals surface area contributed by atoms with E-state index in [2.05, 4.69) is 5.32 Å². The molecular weight excluding hydrogens is 146 g/mol. The van der Waals surface area contributed by atoms with Crippen molar-refractivity contribution in [3.63, 3.8) is 0 Å². The van der Waals surface area contributed by atoms with Gasteiger partial charge in [-0.25, -0.2) is 0 Å². The van der Waals surface area contributed by atoms with E-state index in [4.69, 9.17) is 0 Å². The molecule has 10 heavy (non-hydrogen) atoms. The molecule has 0 bridgehead atoms. The average Bonchev–Trinajstić information content (AvgIpc) is 1.84. The second-order valence-electron chi connectivity index (χ2n) is 2.44. The molecule has 0 aromatic heterocycles. The summed E-state index contributed by atoms with van der Waals surface area (Å²) in [5, 5.41) is 3.58. The molecule has 1 saturated heterocycles. The average molecular weight is 159 g/mol. The summed E-state index contributed by atoms with van der Waals surface area (Å²) in [6.07, 6.45) is 1.88. The van der Waals surface area contributed by atoms with Crippen LogP contribution in [0, 0.1) is 0 Å². The Morgan fingerprint density at radius 1 is 1.80 bits per heavy atom. The Kier molecular flexibility index (Phi) is 3.06. The maximum absolute atomic E-state index is 10.7. The van der Waals surface area contributed by atoms with Crippen molar-refractivity contribution >= 4 is 17.7 Å². The van der Waals surface area contributed by atoms with E-state index < -0.39 is 0 Å². The van der Waals surface area contributed by atoms with Gasteiger partial charge in [0, 0.05) is 18.2 Å². The first-order valence-electron chi connectivity index (χ1n) is 3.71. The molecule has 0 saturated carbocycles. The highest BCUT2D eigenvalue weighted by Crippen LogP contribution is 2.26. The van der Waals surface area contributed by atoms with Crippen LogP contribution in [0.2, 0.25) is 0 Å². The topological polar surface area (TPSA) is 29.1 Å². The molecule has 1 aliphatic rings. The molecule has 3 heteroatoms. The molecular formula is C7H13NOS. The van der Waals surface area contributed by atoms with Crippen LogP contribution in [0.1, 0.15) is 19.8 Å².